The van der Waals surface area contributed by atoms with Gasteiger partial charge in [-0.15, -0.1) is 11.6 Å². The largest absolute Gasteiger partial charge is 0.414 e. The van der Waals surface area contributed by atoms with Crippen molar-refractivity contribution in [1.82, 2.24) is 0 Å². The SMILES string of the molecule is CC(C)O[Si](C)(C)CCl.[Mg]. The minimum absolute atomic E-state index is 0. The third-order valence-corrected chi connectivity index (χ3v) is 4.56. The number of alkyl halides is 1. The van der Waals surface area contributed by atoms with Crippen LogP contribution in [0.2, 0.25) is 13.1 Å². The van der Waals surface area contributed by atoms with E-state index in [1.807, 2.05) is 13.8 Å². The summed E-state index contributed by atoms with van der Waals surface area (Å²) in [4.78, 5) is 0. The van der Waals surface area contributed by atoms with Crippen molar-refractivity contribution in [1.29, 1.82) is 0 Å². The van der Waals surface area contributed by atoms with E-state index in [0.29, 0.717) is 11.6 Å². The Hall–Kier alpha value is 1.23. The Morgan fingerprint density at radius 1 is 1.40 bits per heavy atom. The summed E-state index contributed by atoms with van der Waals surface area (Å²) >= 11 is 5.67. The van der Waals surface area contributed by atoms with Crippen LogP contribution in [-0.4, -0.2) is 43.0 Å². The number of hydrogen-bond acceptors (Lipinski definition) is 1. The summed E-state index contributed by atoms with van der Waals surface area (Å²) in [5, 5.41) is 0. The molecule has 1 nitrogen and oxygen atoms in total. The molecule has 0 aliphatic carbocycles. The lowest BCUT2D eigenvalue weighted by Crippen LogP contribution is -2.35. The molecule has 0 aromatic heterocycles. The summed E-state index contributed by atoms with van der Waals surface area (Å²) in [5.74, 6) is 0. The lowest BCUT2D eigenvalue weighted by Gasteiger charge is -2.22. The molecule has 0 amide bonds. The Kier molecular flexibility index (Phi) is 8.04. The van der Waals surface area contributed by atoms with Gasteiger partial charge in [-0.3, -0.25) is 0 Å². The fourth-order valence-corrected chi connectivity index (χ4v) is 2.20. The van der Waals surface area contributed by atoms with E-state index in [1.165, 1.54) is 0 Å². The normalized spacial score (nSPS) is 11.4. The van der Waals surface area contributed by atoms with Crippen LogP contribution in [0, 0.1) is 0 Å². The lowest BCUT2D eigenvalue weighted by molar-refractivity contribution is 0.234. The number of hydrogen-bond donors (Lipinski definition) is 0. The van der Waals surface area contributed by atoms with Crippen LogP contribution in [0.3, 0.4) is 0 Å². The second kappa shape index (κ2) is 5.83. The summed E-state index contributed by atoms with van der Waals surface area (Å²) in [5.41, 5.74) is 0.686. The maximum atomic E-state index is 5.67. The molecule has 0 unspecified atom stereocenters. The van der Waals surface area contributed by atoms with Gasteiger partial charge in [0.15, 0.2) is 0 Å². The predicted octanol–water partition coefficient (Wildman–Crippen LogP) is 2.01. The third kappa shape index (κ3) is 7.34. The van der Waals surface area contributed by atoms with Crippen LogP contribution in [0.1, 0.15) is 13.8 Å². The molecule has 0 aromatic rings. The first-order valence-corrected chi connectivity index (χ1v) is 6.87. The van der Waals surface area contributed by atoms with E-state index in [2.05, 4.69) is 13.1 Å². The molecule has 0 aromatic carbocycles. The molecular weight excluding hydrogens is 176 g/mol. The summed E-state index contributed by atoms with van der Waals surface area (Å²) in [6.07, 6.45) is 0.324. The van der Waals surface area contributed by atoms with Gasteiger partial charge in [0.05, 0.1) is 0 Å². The van der Waals surface area contributed by atoms with Gasteiger partial charge in [-0.2, -0.15) is 0 Å². The minimum atomic E-state index is -1.47. The molecule has 0 saturated carbocycles. The van der Waals surface area contributed by atoms with Gasteiger partial charge in [-0.1, -0.05) is 0 Å². The summed E-state index contributed by atoms with van der Waals surface area (Å²) in [7, 11) is -1.47. The molecule has 0 atom stereocenters. The average Bonchev–Trinajstić information content (AvgIpc) is 1.63. The first-order valence-electron chi connectivity index (χ1n) is 3.22. The first kappa shape index (κ1) is 13.8. The van der Waals surface area contributed by atoms with Gasteiger partial charge < -0.3 is 4.43 Å². The van der Waals surface area contributed by atoms with Gasteiger partial charge >= 0.3 is 0 Å². The highest BCUT2D eigenvalue weighted by Gasteiger charge is 2.21. The molecule has 0 N–H and O–H groups in total. The third-order valence-electron chi connectivity index (χ3n) is 0.877. The van der Waals surface area contributed by atoms with E-state index in [9.17, 15) is 0 Å². The molecule has 0 saturated heterocycles. The standard InChI is InChI=1S/C6H15ClOSi.Mg/c1-6(2)8-9(3,4)5-7;/h6H,5H2,1-4H3;. The Morgan fingerprint density at radius 3 is 1.90 bits per heavy atom. The second-order valence-electron chi connectivity index (χ2n) is 3.06. The molecule has 0 heterocycles. The highest BCUT2D eigenvalue weighted by molar-refractivity contribution is 6.77. The number of rotatable bonds is 3. The summed E-state index contributed by atoms with van der Waals surface area (Å²) < 4.78 is 5.59. The fourth-order valence-electron chi connectivity index (χ4n) is 0.670. The Morgan fingerprint density at radius 2 is 1.80 bits per heavy atom. The topological polar surface area (TPSA) is 9.23 Å². The molecule has 0 fully saturated rings. The molecule has 0 aliphatic heterocycles. The summed E-state index contributed by atoms with van der Waals surface area (Å²) in [6, 6.07) is 0. The van der Waals surface area contributed by atoms with E-state index in [0.717, 1.165) is 0 Å². The molecule has 0 bridgehead atoms. The summed E-state index contributed by atoms with van der Waals surface area (Å²) in [6.45, 7) is 8.34. The molecular formula is C6H15ClMgOSi. The van der Waals surface area contributed by atoms with Crippen LogP contribution < -0.4 is 0 Å². The molecule has 0 rings (SSSR count). The smallest absolute Gasteiger partial charge is 0.201 e. The zero-order chi connectivity index (χ0) is 7.49. The van der Waals surface area contributed by atoms with Gasteiger partial charge in [0.25, 0.3) is 0 Å². The van der Waals surface area contributed by atoms with E-state index in [1.54, 1.807) is 0 Å². The van der Waals surface area contributed by atoms with Crippen molar-refractivity contribution >= 4 is 43.0 Å². The first-order chi connectivity index (χ1) is 3.98. The average molecular weight is 191 g/mol. The van der Waals surface area contributed by atoms with Crippen LogP contribution in [-0.2, 0) is 4.43 Å². The van der Waals surface area contributed by atoms with Gasteiger partial charge in [0, 0.05) is 34.7 Å². The van der Waals surface area contributed by atoms with Crippen molar-refractivity contribution in [3.63, 3.8) is 0 Å². The van der Waals surface area contributed by atoms with Crippen LogP contribution in [0.5, 0.6) is 0 Å². The molecule has 2 radical (unpaired) electrons. The van der Waals surface area contributed by atoms with Crippen LogP contribution in [0.25, 0.3) is 0 Å². The van der Waals surface area contributed by atoms with E-state index in [-0.39, 0.29) is 23.1 Å². The Labute approximate surface area is 85.8 Å². The monoisotopic (exact) mass is 190 g/mol. The Balaban J connectivity index is 0. The zero-order valence-electron chi connectivity index (χ0n) is 7.28. The Bertz CT molecular complexity index is 87.8. The predicted molar refractivity (Wildman–Crippen MR) is 50.2 cm³/mol. The molecule has 0 aliphatic rings. The zero-order valence-corrected chi connectivity index (χ0v) is 10.4. The molecule has 0 spiro atoms. The van der Waals surface area contributed by atoms with Crippen molar-refractivity contribution < 1.29 is 4.43 Å². The fraction of sp³-hybridized carbons (Fsp3) is 1.00. The van der Waals surface area contributed by atoms with Gasteiger partial charge in [-0.25, -0.2) is 0 Å². The van der Waals surface area contributed by atoms with Crippen LogP contribution in [0.4, 0.5) is 0 Å². The van der Waals surface area contributed by atoms with Gasteiger partial charge in [0.1, 0.15) is 0 Å². The van der Waals surface area contributed by atoms with E-state index in [4.69, 9.17) is 16.0 Å². The van der Waals surface area contributed by atoms with Crippen molar-refractivity contribution in [3.05, 3.63) is 0 Å². The molecule has 4 heteroatoms. The van der Waals surface area contributed by atoms with Crippen LogP contribution >= 0.6 is 11.6 Å². The maximum absolute atomic E-state index is 5.67. The van der Waals surface area contributed by atoms with Crippen molar-refractivity contribution in [2.75, 3.05) is 5.50 Å². The van der Waals surface area contributed by atoms with E-state index >= 15 is 0 Å². The second-order valence-corrected chi connectivity index (χ2v) is 7.88. The minimum Gasteiger partial charge on any atom is -0.414 e. The van der Waals surface area contributed by atoms with E-state index < -0.39 is 8.32 Å². The highest BCUT2D eigenvalue weighted by Crippen LogP contribution is 2.08. The molecule has 10 heavy (non-hydrogen) atoms. The van der Waals surface area contributed by atoms with Crippen molar-refractivity contribution in [2.45, 2.75) is 33.0 Å². The quantitative estimate of drug-likeness (QED) is 0.489. The van der Waals surface area contributed by atoms with Gasteiger partial charge in [-0.05, 0) is 26.9 Å². The molecule has 58 valence electrons. The van der Waals surface area contributed by atoms with Gasteiger partial charge in [0.2, 0.25) is 8.32 Å². The van der Waals surface area contributed by atoms with Crippen LogP contribution in [0.15, 0.2) is 0 Å². The highest BCUT2D eigenvalue weighted by atomic mass is 35.5. The van der Waals surface area contributed by atoms with Crippen molar-refractivity contribution in [3.8, 4) is 0 Å². The maximum Gasteiger partial charge on any atom is 0.201 e. The lowest BCUT2D eigenvalue weighted by atomic mass is 10.5. The van der Waals surface area contributed by atoms with Crippen molar-refractivity contribution in [2.24, 2.45) is 0 Å². The number of halogens is 1.